The topological polar surface area (TPSA) is 38.7 Å². The van der Waals surface area contributed by atoms with Crippen LogP contribution in [-0.4, -0.2) is 25.1 Å². The molecule has 0 amide bonds. The van der Waals surface area contributed by atoms with Gasteiger partial charge in [0, 0.05) is 7.11 Å². The first-order valence-corrected chi connectivity index (χ1v) is 7.74. The highest BCUT2D eigenvalue weighted by atomic mass is 16.7. The minimum Gasteiger partial charge on any atom is -0.389 e. The second kappa shape index (κ2) is 10.3. The molecule has 0 spiro atoms. The molecule has 0 saturated carbocycles. The highest BCUT2D eigenvalue weighted by molar-refractivity contribution is 5.52. The van der Waals surface area contributed by atoms with Gasteiger partial charge in [-0.1, -0.05) is 49.9 Å². The van der Waals surface area contributed by atoms with Gasteiger partial charge in [-0.3, -0.25) is 0 Å². The Kier molecular flexibility index (Phi) is 8.75. The van der Waals surface area contributed by atoms with Crippen LogP contribution in [0.4, 0.5) is 0 Å². The van der Waals surface area contributed by atoms with Gasteiger partial charge in [0.1, 0.15) is 6.79 Å². The third-order valence-corrected chi connectivity index (χ3v) is 3.79. The number of rotatable bonds is 11. The molecule has 1 aromatic carbocycles. The molecule has 1 N–H and O–H groups in total. The molecule has 0 aliphatic rings. The van der Waals surface area contributed by atoms with E-state index in [9.17, 15) is 5.11 Å². The molecule has 1 rings (SSSR count). The third-order valence-electron chi connectivity index (χ3n) is 3.79. The summed E-state index contributed by atoms with van der Waals surface area (Å²) < 4.78 is 10.9. The number of aliphatic hydroxyl groups excluding tert-OH is 1. The maximum Gasteiger partial charge on any atom is 0.147 e. The van der Waals surface area contributed by atoms with Crippen molar-refractivity contribution in [2.45, 2.75) is 38.4 Å². The van der Waals surface area contributed by atoms with Crippen molar-refractivity contribution in [3.05, 3.63) is 54.6 Å². The second-order valence-corrected chi connectivity index (χ2v) is 5.62. The Hall–Kier alpha value is -1.42. The second-order valence-electron chi connectivity index (χ2n) is 5.62. The summed E-state index contributed by atoms with van der Waals surface area (Å²) >= 11 is 0. The molecule has 0 heterocycles. The summed E-state index contributed by atoms with van der Waals surface area (Å²) in [6.07, 6.45) is 5.53. The molecule has 0 bridgehead atoms. The molecule has 0 aliphatic heterocycles. The van der Waals surface area contributed by atoms with Crippen LogP contribution in [0.15, 0.2) is 43.5 Å². The fraction of sp³-hybridized carbons (Fsp3) is 0.474. The maximum atomic E-state index is 9.65. The summed E-state index contributed by atoms with van der Waals surface area (Å²) in [7, 11) is 1.62. The summed E-state index contributed by atoms with van der Waals surface area (Å²) in [4.78, 5) is 0. The number of aliphatic hydroxyl groups is 1. The van der Waals surface area contributed by atoms with Crippen molar-refractivity contribution < 1.29 is 14.6 Å². The summed E-state index contributed by atoms with van der Waals surface area (Å²) in [6, 6.07) is 8.12. The minimum absolute atomic E-state index is 0.0301. The Morgan fingerprint density at radius 2 is 1.95 bits per heavy atom. The smallest absolute Gasteiger partial charge is 0.147 e. The van der Waals surface area contributed by atoms with Crippen LogP contribution in [-0.2, 0) is 9.47 Å². The highest BCUT2D eigenvalue weighted by Crippen LogP contribution is 2.29. The zero-order valence-electron chi connectivity index (χ0n) is 13.7. The van der Waals surface area contributed by atoms with E-state index in [1.165, 1.54) is 0 Å². The van der Waals surface area contributed by atoms with E-state index in [4.69, 9.17) is 9.47 Å². The van der Waals surface area contributed by atoms with Gasteiger partial charge >= 0.3 is 0 Å². The number of hydrogen-bond donors (Lipinski definition) is 1. The van der Waals surface area contributed by atoms with E-state index < -0.39 is 6.10 Å². The zero-order valence-corrected chi connectivity index (χ0v) is 13.7. The van der Waals surface area contributed by atoms with E-state index >= 15 is 0 Å². The predicted octanol–water partition coefficient (Wildman–Crippen LogP) is 4.34. The minimum atomic E-state index is -0.436. The van der Waals surface area contributed by atoms with Gasteiger partial charge in [0.2, 0.25) is 0 Å². The van der Waals surface area contributed by atoms with Crippen LogP contribution >= 0.6 is 0 Å². The van der Waals surface area contributed by atoms with Gasteiger partial charge in [-0.05, 0) is 36.3 Å². The predicted molar refractivity (Wildman–Crippen MR) is 91.5 cm³/mol. The molecular weight excluding hydrogens is 276 g/mol. The first kappa shape index (κ1) is 18.6. The first-order valence-electron chi connectivity index (χ1n) is 7.74. The van der Waals surface area contributed by atoms with Crippen LogP contribution in [0.3, 0.4) is 0 Å². The Labute approximate surface area is 134 Å². The molecule has 3 nitrogen and oxygen atoms in total. The lowest BCUT2D eigenvalue weighted by Gasteiger charge is -2.22. The van der Waals surface area contributed by atoms with Crippen molar-refractivity contribution >= 4 is 6.08 Å². The van der Waals surface area contributed by atoms with Gasteiger partial charge in [0.25, 0.3) is 0 Å². The lowest BCUT2D eigenvalue weighted by Crippen LogP contribution is -2.12. The van der Waals surface area contributed by atoms with Gasteiger partial charge in [-0.2, -0.15) is 0 Å². The normalized spacial score (nSPS) is 15.0. The summed E-state index contributed by atoms with van der Waals surface area (Å²) in [5, 5.41) is 9.65. The summed E-state index contributed by atoms with van der Waals surface area (Å²) in [6.45, 7) is 9.89. The van der Waals surface area contributed by atoms with Gasteiger partial charge in [-0.25, -0.2) is 0 Å². The number of hydrogen-bond acceptors (Lipinski definition) is 3. The molecular formula is C19H28O3. The van der Waals surface area contributed by atoms with Crippen LogP contribution in [0.1, 0.15) is 43.4 Å². The van der Waals surface area contributed by atoms with Gasteiger partial charge < -0.3 is 14.6 Å². The van der Waals surface area contributed by atoms with E-state index in [0.717, 1.165) is 30.4 Å². The average Bonchev–Trinajstić information content (AvgIpc) is 2.54. The number of benzene rings is 1. The van der Waals surface area contributed by atoms with Crippen molar-refractivity contribution in [2.75, 3.05) is 13.9 Å². The fourth-order valence-corrected chi connectivity index (χ4v) is 2.53. The van der Waals surface area contributed by atoms with Crippen molar-refractivity contribution in [1.29, 1.82) is 0 Å². The Balaban J connectivity index is 2.72. The molecule has 0 saturated heterocycles. The van der Waals surface area contributed by atoms with Crippen molar-refractivity contribution in [3.63, 3.8) is 0 Å². The lowest BCUT2D eigenvalue weighted by atomic mass is 9.92. The molecule has 2 unspecified atom stereocenters. The molecule has 0 aliphatic carbocycles. The monoisotopic (exact) mass is 304 g/mol. The fourth-order valence-electron chi connectivity index (χ4n) is 2.53. The largest absolute Gasteiger partial charge is 0.389 e. The van der Waals surface area contributed by atoms with Crippen molar-refractivity contribution in [3.8, 4) is 0 Å². The third kappa shape index (κ3) is 6.14. The molecule has 3 atom stereocenters. The highest BCUT2D eigenvalue weighted by Gasteiger charge is 2.17. The molecule has 1 aromatic rings. The quantitative estimate of drug-likeness (QED) is 0.488. The zero-order chi connectivity index (χ0) is 16.4. The number of ether oxygens (including phenoxy) is 2. The van der Waals surface area contributed by atoms with E-state index in [1.54, 1.807) is 13.2 Å². The van der Waals surface area contributed by atoms with Crippen molar-refractivity contribution in [2.24, 2.45) is 5.92 Å². The average molecular weight is 304 g/mol. The first-order chi connectivity index (χ1) is 10.6. The molecule has 0 aromatic heterocycles. The Morgan fingerprint density at radius 3 is 2.59 bits per heavy atom. The number of methoxy groups -OCH3 is 1. The Bertz CT molecular complexity index is 456. The van der Waals surface area contributed by atoms with Crippen LogP contribution in [0, 0.1) is 5.92 Å². The van der Waals surface area contributed by atoms with Crippen LogP contribution < -0.4 is 0 Å². The molecule has 0 radical (unpaired) electrons. The summed E-state index contributed by atoms with van der Waals surface area (Å²) in [5.41, 5.74) is 2.22. The maximum absolute atomic E-state index is 9.65. The van der Waals surface area contributed by atoms with Crippen molar-refractivity contribution in [1.82, 2.24) is 0 Å². The van der Waals surface area contributed by atoms with E-state index in [-0.39, 0.29) is 12.9 Å². The molecule has 0 fully saturated rings. The van der Waals surface area contributed by atoms with E-state index in [1.807, 2.05) is 24.3 Å². The van der Waals surface area contributed by atoms with E-state index in [0.29, 0.717) is 5.92 Å². The van der Waals surface area contributed by atoms with Gasteiger partial charge in [-0.15, -0.1) is 6.58 Å². The standard InChI is InChI=1S/C19H28O3/c1-5-16-9-7-8-10-18(16)19(22-14-21-4)12-11-15(3)13-17(20)6-2/h5-10,15,17,19-20H,1-2,11-14H2,3-4H3/t15-,17?,19?/m0/s1. The Morgan fingerprint density at radius 1 is 1.23 bits per heavy atom. The van der Waals surface area contributed by atoms with E-state index in [2.05, 4.69) is 26.1 Å². The molecule has 3 heteroatoms. The van der Waals surface area contributed by atoms with Crippen LogP contribution in [0.5, 0.6) is 0 Å². The molecule has 122 valence electrons. The lowest BCUT2D eigenvalue weighted by molar-refractivity contribution is -0.0775. The summed E-state index contributed by atoms with van der Waals surface area (Å²) in [5.74, 6) is 0.400. The van der Waals surface area contributed by atoms with Gasteiger partial charge in [0.05, 0.1) is 12.2 Å². The SMILES string of the molecule is C=Cc1ccccc1C(CC[C@H](C)CC(O)C=C)OCOC. The van der Waals surface area contributed by atoms with Crippen LogP contribution in [0.25, 0.3) is 6.08 Å². The van der Waals surface area contributed by atoms with Gasteiger partial charge in [0.15, 0.2) is 0 Å². The van der Waals surface area contributed by atoms with Crippen LogP contribution in [0.2, 0.25) is 0 Å². The molecule has 22 heavy (non-hydrogen) atoms.